The van der Waals surface area contributed by atoms with E-state index in [2.05, 4.69) is 11.4 Å². The number of nitrogens with zero attached hydrogens (tertiary/aromatic N) is 1. The Morgan fingerprint density at radius 3 is 2.55 bits per heavy atom. The van der Waals surface area contributed by atoms with Gasteiger partial charge in [0.2, 0.25) is 0 Å². The molecule has 0 fully saturated rings. The van der Waals surface area contributed by atoms with Crippen LogP contribution in [0.3, 0.4) is 0 Å². The van der Waals surface area contributed by atoms with Crippen LogP contribution in [0.1, 0.15) is 16.7 Å². The zero-order valence-electron chi connectivity index (χ0n) is 11.3. The molecule has 0 radical (unpaired) electrons. The van der Waals surface area contributed by atoms with Crippen LogP contribution in [0.2, 0.25) is 0 Å². The molecular weight excluding hydrogens is 259 g/mol. The number of nitro benzene ring substituents is 1. The minimum absolute atomic E-state index is 0.250. The maximum Gasteiger partial charge on any atom is 0.272 e. The molecule has 0 atom stereocenters. The van der Waals surface area contributed by atoms with Crippen molar-refractivity contribution in [3.05, 3.63) is 69.0 Å². The van der Waals surface area contributed by atoms with Crippen molar-refractivity contribution >= 4 is 11.4 Å². The number of hydrogen-bond acceptors (Lipinski definition) is 3. The molecule has 5 heteroatoms. The molecule has 2 aromatic rings. The number of halogens is 1. The van der Waals surface area contributed by atoms with Gasteiger partial charge in [-0.1, -0.05) is 23.8 Å². The van der Waals surface area contributed by atoms with E-state index in [1.165, 1.54) is 17.7 Å². The quantitative estimate of drug-likeness (QED) is 0.678. The third kappa shape index (κ3) is 3.12. The van der Waals surface area contributed by atoms with Gasteiger partial charge in [-0.3, -0.25) is 10.1 Å². The molecule has 0 amide bonds. The molecule has 104 valence electrons. The molecule has 0 saturated heterocycles. The van der Waals surface area contributed by atoms with E-state index in [1.54, 1.807) is 0 Å². The summed E-state index contributed by atoms with van der Waals surface area (Å²) in [7, 11) is 0. The Labute approximate surface area is 116 Å². The number of nitro groups is 1. The average Bonchev–Trinajstić information content (AvgIpc) is 2.38. The molecule has 2 aromatic carbocycles. The summed E-state index contributed by atoms with van der Waals surface area (Å²) >= 11 is 0. The van der Waals surface area contributed by atoms with Crippen molar-refractivity contribution in [1.82, 2.24) is 0 Å². The van der Waals surface area contributed by atoms with Crippen molar-refractivity contribution in [2.75, 3.05) is 5.32 Å². The van der Waals surface area contributed by atoms with Crippen molar-refractivity contribution < 1.29 is 9.31 Å². The second-order valence-electron chi connectivity index (χ2n) is 4.70. The topological polar surface area (TPSA) is 55.2 Å². The van der Waals surface area contributed by atoms with Crippen LogP contribution in [-0.4, -0.2) is 4.92 Å². The van der Waals surface area contributed by atoms with Gasteiger partial charge in [-0.15, -0.1) is 0 Å². The van der Waals surface area contributed by atoms with Gasteiger partial charge in [0.15, 0.2) is 5.82 Å². The summed E-state index contributed by atoms with van der Waals surface area (Å²) in [6, 6.07) is 9.63. The summed E-state index contributed by atoms with van der Waals surface area (Å²) in [4.78, 5) is 9.92. The summed E-state index contributed by atoms with van der Waals surface area (Å²) in [6.07, 6.45) is 0. The number of non-ortho nitro benzene ring substituents is 1. The monoisotopic (exact) mass is 274 g/mol. The lowest BCUT2D eigenvalue weighted by Gasteiger charge is -2.10. The van der Waals surface area contributed by atoms with Gasteiger partial charge >= 0.3 is 0 Å². The number of nitrogens with one attached hydrogen (secondary N) is 1. The number of aryl methyl sites for hydroxylation is 2. The average molecular weight is 274 g/mol. The first-order valence-electron chi connectivity index (χ1n) is 6.21. The Hall–Kier alpha value is -2.43. The molecule has 0 aromatic heterocycles. The first-order valence-corrected chi connectivity index (χ1v) is 6.21. The molecule has 0 spiro atoms. The maximum atomic E-state index is 13.7. The predicted molar refractivity (Wildman–Crippen MR) is 76.3 cm³/mol. The lowest BCUT2D eigenvalue weighted by Crippen LogP contribution is -2.03. The SMILES string of the molecule is Cc1ccc(CNc2ccc([N+](=O)[O-])cc2F)c(C)c1. The van der Waals surface area contributed by atoms with Crippen LogP contribution in [0.5, 0.6) is 0 Å². The highest BCUT2D eigenvalue weighted by Gasteiger charge is 2.10. The second kappa shape index (κ2) is 5.69. The van der Waals surface area contributed by atoms with Gasteiger partial charge in [0.25, 0.3) is 5.69 Å². The van der Waals surface area contributed by atoms with Gasteiger partial charge in [0, 0.05) is 12.6 Å². The Morgan fingerprint density at radius 2 is 1.95 bits per heavy atom. The fraction of sp³-hybridized carbons (Fsp3) is 0.200. The summed E-state index contributed by atoms with van der Waals surface area (Å²) < 4.78 is 13.7. The van der Waals surface area contributed by atoms with E-state index in [-0.39, 0.29) is 11.4 Å². The summed E-state index contributed by atoms with van der Waals surface area (Å²) in [5.41, 5.74) is 3.37. The zero-order chi connectivity index (χ0) is 14.7. The van der Waals surface area contributed by atoms with Crippen LogP contribution in [0.4, 0.5) is 15.8 Å². The van der Waals surface area contributed by atoms with Gasteiger partial charge in [-0.25, -0.2) is 4.39 Å². The van der Waals surface area contributed by atoms with Crippen LogP contribution in [0.15, 0.2) is 36.4 Å². The highest BCUT2D eigenvalue weighted by molar-refractivity contribution is 5.50. The molecule has 0 heterocycles. The Balaban J connectivity index is 2.13. The molecule has 0 saturated carbocycles. The fourth-order valence-corrected chi connectivity index (χ4v) is 2.00. The number of benzene rings is 2. The minimum atomic E-state index is -0.621. The highest BCUT2D eigenvalue weighted by Crippen LogP contribution is 2.21. The smallest absolute Gasteiger partial charge is 0.272 e. The first-order chi connectivity index (χ1) is 9.47. The Morgan fingerprint density at radius 1 is 1.20 bits per heavy atom. The van der Waals surface area contributed by atoms with Crippen LogP contribution in [0, 0.1) is 29.8 Å². The van der Waals surface area contributed by atoms with Crippen molar-refractivity contribution in [3.8, 4) is 0 Å². The molecule has 0 bridgehead atoms. The van der Waals surface area contributed by atoms with Crippen LogP contribution < -0.4 is 5.32 Å². The van der Waals surface area contributed by atoms with Crippen LogP contribution in [0.25, 0.3) is 0 Å². The van der Waals surface area contributed by atoms with E-state index < -0.39 is 10.7 Å². The number of hydrogen-bond donors (Lipinski definition) is 1. The predicted octanol–water partition coefficient (Wildman–Crippen LogP) is 3.96. The van der Waals surface area contributed by atoms with Crippen molar-refractivity contribution in [1.29, 1.82) is 0 Å². The fourth-order valence-electron chi connectivity index (χ4n) is 2.00. The summed E-state index contributed by atoms with van der Waals surface area (Å²) in [5.74, 6) is -0.621. The molecule has 0 aliphatic heterocycles. The van der Waals surface area contributed by atoms with E-state index in [1.807, 2.05) is 26.0 Å². The number of anilines is 1. The van der Waals surface area contributed by atoms with Crippen molar-refractivity contribution in [3.63, 3.8) is 0 Å². The molecule has 0 aliphatic rings. The normalized spacial score (nSPS) is 10.3. The van der Waals surface area contributed by atoms with Gasteiger partial charge < -0.3 is 5.32 Å². The lowest BCUT2D eigenvalue weighted by molar-refractivity contribution is -0.385. The third-order valence-corrected chi connectivity index (χ3v) is 3.13. The van der Waals surface area contributed by atoms with Crippen LogP contribution in [-0.2, 0) is 6.54 Å². The van der Waals surface area contributed by atoms with Gasteiger partial charge in [0.05, 0.1) is 16.7 Å². The van der Waals surface area contributed by atoms with E-state index in [9.17, 15) is 14.5 Å². The summed E-state index contributed by atoms with van der Waals surface area (Å²) in [6.45, 7) is 4.48. The first kappa shape index (κ1) is 14.0. The Kier molecular flexibility index (Phi) is 3.98. The number of rotatable bonds is 4. The Bertz CT molecular complexity index is 656. The van der Waals surface area contributed by atoms with Crippen molar-refractivity contribution in [2.45, 2.75) is 20.4 Å². The second-order valence-corrected chi connectivity index (χ2v) is 4.70. The van der Waals surface area contributed by atoms with Gasteiger partial charge in [-0.2, -0.15) is 0 Å². The lowest BCUT2D eigenvalue weighted by atomic mass is 10.1. The van der Waals surface area contributed by atoms with E-state index in [4.69, 9.17) is 0 Å². The van der Waals surface area contributed by atoms with E-state index in [0.29, 0.717) is 6.54 Å². The van der Waals surface area contributed by atoms with Gasteiger partial charge in [-0.05, 0) is 31.0 Å². The minimum Gasteiger partial charge on any atom is -0.379 e. The molecule has 20 heavy (non-hydrogen) atoms. The molecule has 0 unspecified atom stereocenters. The third-order valence-electron chi connectivity index (χ3n) is 3.13. The van der Waals surface area contributed by atoms with Crippen molar-refractivity contribution in [2.24, 2.45) is 0 Å². The van der Waals surface area contributed by atoms with Gasteiger partial charge in [0.1, 0.15) is 0 Å². The largest absolute Gasteiger partial charge is 0.379 e. The zero-order valence-corrected chi connectivity index (χ0v) is 11.3. The highest BCUT2D eigenvalue weighted by atomic mass is 19.1. The van der Waals surface area contributed by atoms with E-state index >= 15 is 0 Å². The van der Waals surface area contributed by atoms with Crippen LogP contribution >= 0.6 is 0 Å². The molecular formula is C15H15FN2O2. The standard InChI is InChI=1S/C15H15FN2O2/c1-10-3-4-12(11(2)7-10)9-17-15-6-5-13(18(19)20)8-14(15)16/h3-8,17H,9H2,1-2H3. The van der Waals surface area contributed by atoms with E-state index in [0.717, 1.165) is 17.2 Å². The maximum absolute atomic E-state index is 13.7. The molecule has 4 nitrogen and oxygen atoms in total. The molecule has 1 N–H and O–H groups in total. The molecule has 2 rings (SSSR count). The summed E-state index contributed by atoms with van der Waals surface area (Å²) in [5, 5.41) is 13.5. The molecule has 0 aliphatic carbocycles.